The van der Waals surface area contributed by atoms with Gasteiger partial charge in [-0.15, -0.1) is 0 Å². The lowest BCUT2D eigenvalue weighted by Gasteiger charge is -2.17. The summed E-state index contributed by atoms with van der Waals surface area (Å²) in [6, 6.07) is 4.74. The van der Waals surface area contributed by atoms with Crippen LogP contribution in [0.4, 0.5) is 4.39 Å². The second-order valence-electron chi connectivity index (χ2n) is 4.10. The highest BCUT2D eigenvalue weighted by Crippen LogP contribution is 2.25. The monoisotopic (exact) mass is 240 g/mol. The molecule has 3 nitrogen and oxygen atoms in total. The summed E-state index contributed by atoms with van der Waals surface area (Å²) in [6.07, 6.45) is 4.16. The summed E-state index contributed by atoms with van der Waals surface area (Å²) in [5.41, 5.74) is 3.28. The Hall–Kier alpha value is -1.13. The van der Waals surface area contributed by atoms with Crippen molar-refractivity contribution in [2.45, 2.75) is 38.6 Å². The number of methoxy groups -OCH3 is 1. The van der Waals surface area contributed by atoms with Crippen LogP contribution in [0, 0.1) is 5.82 Å². The second kappa shape index (κ2) is 7.25. The summed E-state index contributed by atoms with van der Waals surface area (Å²) in [4.78, 5) is 0. The lowest BCUT2D eigenvalue weighted by atomic mass is 10.0. The number of benzene rings is 1. The molecule has 0 bridgehead atoms. The number of ether oxygens (including phenoxy) is 1. The van der Waals surface area contributed by atoms with Gasteiger partial charge in [0.25, 0.3) is 0 Å². The molecule has 0 saturated heterocycles. The number of nitrogens with one attached hydrogen (secondary N) is 1. The Balaban J connectivity index is 2.73. The third kappa shape index (κ3) is 3.98. The average Bonchev–Trinajstić information content (AvgIpc) is 2.35. The minimum Gasteiger partial charge on any atom is -0.497 e. The highest BCUT2D eigenvalue weighted by Gasteiger charge is 2.14. The van der Waals surface area contributed by atoms with E-state index in [2.05, 4.69) is 12.3 Å². The van der Waals surface area contributed by atoms with E-state index in [1.807, 2.05) is 0 Å². The van der Waals surface area contributed by atoms with E-state index in [0.717, 1.165) is 25.7 Å². The van der Waals surface area contributed by atoms with Gasteiger partial charge in [-0.3, -0.25) is 11.3 Å². The molecule has 1 rings (SSSR count). The third-order valence-electron chi connectivity index (χ3n) is 2.88. The summed E-state index contributed by atoms with van der Waals surface area (Å²) in [5.74, 6) is 5.73. The van der Waals surface area contributed by atoms with Crippen LogP contribution in [0.25, 0.3) is 0 Å². The molecule has 0 fully saturated rings. The average molecular weight is 240 g/mol. The number of hydrazine groups is 1. The standard InChI is InChI=1S/C13H21FN2O/c1-3-4-5-6-13(16-15)11-8-7-10(17-2)9-12(11)14/h7-9,13,16H,3-6,15H2,1-2H3. The third-order valence-corrected chi connectivity index (χ3v) is 2.88. The van der Waals surface area contributed by atoms with Crippen molar-refractivity contribution in [3.63, 3.8) is 0 Å². The highest BCUT2D eigenvalue weighted by atomic mass is 19.1. The largest absolute Gasteiger partial charge is 0.497 e. The van der Waals surface area contributed by atoms with Gasteiger partial charge in [0, 0.05) is 17.7 Å². The van der Waals surface area contributed by atoms with Gasteiger partial charge in [0.15, 0.2) is 0 Å². The molecule has 4 heteroatoms. The Kier molecular flexibility index (Phi) is 5.94. The van der Waals surface area contributed by atoms with E-state index in [1.54, 1.807) is 12.1 Å². The summed E-state index contributed by atoms with van der Waals surface area (Å²) >= 11 is 0. The van der Waals surface area contributed by atoms with Crippen LogP contribution in [0.1, 0.15) is 44.2 Å². The van der Waals surface area contributed by atoms with E-state index in [9.17, 15) is 4.39 Å². The van der Waals surface area contributed by atoms with Crippen molar-refractivity contribution in [2.75, 3.05) is 7.11 Å². The topological polar surface area (TPSA) is 47.3 Å². The van der Waals surface area contributed by atoms with Crippen LogP contribution >= 0.6 is 0 Å². The Bertz CT molecular complexity index is 344. The van der Waals surface area contributed by atoms with E-state index in [4.69, 9.17) is 10.6 Å². The number of hydrogen-bond donors (Lipinski definition) is 2. The summed E-state index contributed by atoms with van der Waals surface area (Å²) < 4.78 is 18.8. The predicted octanol–water partition coefficient (Wildman–Crippen LogP) is 2.92. The van der Waals surface area contributed by atoms with Crippen molar-refractivity contribution >= 4 is 0 Å². The van der Waals surface area contributed by atoms with Crippen LogP contribution in [-0.2, 0) is 0 Å². The summed E-state index contributed by atoms with van der Waals surface area (Å²) in [7, 11) is 1.52. The fraction of sp³-hybridized carbons (Fsp3) is 0.538. The van der Waals surface area contributed by atoms with Gasteiger partial charge in [-0.2, -0.15) is 0 Å². The van der Waals surface area contributed by atoms with E-state index in [0.29, 0.717) is 11.3 Å². The lowest BCUT2D eigenvalue weighted by Crippen LogP contribution is -2.28. The predicted molar refractivity (Wildman–Crippen MR) is 67.2 cm³/mol. The first-order valence-corrected chi connectivity index (χ1v) is 6.02. The molecule has 0 saturated carbocycles. The molecular formula is C13H21FN2O. The van der Waals surface area contributed by atoms with Crippen LogP contribution in [0.3, 0.4) is 0 Å². The minimum atomic E-state index is -0.274. The van der Waals surface area contributed by atoms with Gasteiger partial charge in [-0.05, 0) is 12.5 Å². The maximum atomic E-state index is 13.8. The number of hydrogen-bond acceptors (Lipinski definition) is 3. The molecule has 0 radical (unpaired) electrons. The molecule has 96 valence electrons. The number of unbranched alkanes of at least 4 members (excludes halogenated alkanes) is 2. The van der Waals surface area contributed by atoms with Crippen LogP contribution in [0.5, 0.6) is 5.75 Å². The van der Waals surface area contributed by atoms with Crippen LogP contribution in [0.2, 0.25) is 0 Å². The Morgan fingerprint density at radius 2 is 2.18 bits per heavy atom. The van der Waals surface area contributed by atoms with Crippen molar-refractivity contribution in [2.24, 2.45) is 5.84 Å². The van der Waals surface area contributed by atoms with E-state index < -0.39 is 0 Å². The van der Waals surface area contributed by atoms with Gasteiger partial charge < -0.3 is 4.74 Å². The molecular weight excluding hydrogens is 219 g/mol. The van der Waals surface area contributed by atoms with E-state index in [-0.39, 0.29) is 11.9 Å². The summed E-state index contributed by atoms with van der Waals surface area (Å²) in [6.45, 7) is 2.14. The number of halogens is 1. The Morgan fingerprint density at radius 3 is 2.71 bits per heavy atom. The molecule has 0 amide bonds. The molecule has 0 aromatic heterocycles. The quantitative estimate of drug-likeness (QED) is 0.437. The molecule has 3 N–H and O–H groups in total. The van der Waals surface area contributed by atoms with Gasteiger partial charge in [0.05, 0.1) is 7.11 Å². The van der Waals surface area contributed by atoms with E-state index in [1.165, 1.54) is 13.2 Å². The molecule has 0 aliphatic heterocycles. The molecule has 1 unspecified atom stereocenters. The van der Waals surface area contributed by atoms with Crippen LogP contribution < -0.4 is 16.0 Å². The zero-order valence-electron chi connectivity index (χ0n) is 10.5. The molecule has 0 aliphatic rings. The Labute approximate surface area is 102 Å². The van der Waals surface area contributed by atoms with Crippen molar-refractivity contribution in [1.29, 1.82) is 0 Å². The molecule has 1 atom stereocenters. The lowest BCUT2D eigenvalue weighted by molar-refractivity contribution is 0.407. The number of rotatable bonds is 7. The van der Waals surface area contributed by atoms with Crippen LogP contribution in [0.15, 0.2) is 18.2 Å². The van der Waals surface area contributed by atoms with Crippen LogP contribution in [-0.4, -0.2) is 7.11 Å². The van der Waals surface area contributed by atoms with Gasteiger partial charge in [-0.1, -0.05) is 32.3 Å². The normalized spacial score (nSPS) is 12.5. The molecule has 0 aliphatic carbocycles. The fourth-order valence-electron chi connectivity index (χ4n) is 1.84. The Morgan fingerprint density at radius 1 is 1.41 bits per heavy atom. The minimum absolute atomic E-state index is 0.132. The van der Waals surface area contributed by atoms with Crippen molar-refractivity contribution in [3.8, 4) is 5.75 Å². The molecule has 17 heavy (non-hydrogen) atoms. The first-order chi connectivity index (χ1) is 8.22. The first-order valence-electron chi connectivity index (χ1n) is 6.02. The van der Waals surface area contributed by atoms with Gasteiger partial charge >= 0.3 is 0 Å². The van der Waals surface area contributed by atoms with Gasteiger partial charge in [0.2, 0.25) is 0 Å². The SMILES string of the molecule is CCCCCC(NN)c1ccc(OC)cc1F. The molecule has 0 spiro atoms. The maximum absolute atomic E-state index is 13.8. The zero-order chi connectivity index (χ0) is 12.7. The first kappa shape index (κ1) is 13.9. The van der Waals surface area contributed by atoms with Gasteiger partial charge in [-0.25, -0.2) is 4.39 Å². The number of nitrogens with two attached hydrogens (primary N) is 1. The van der Waals surface area contributed by atoms with Crippen molar-refractivity contribution in [1.82, 2.24) is 5.43 Å². The molecule has 1 aromatic carbocycles. The smallest absolute Gasteiger partial charge is 0.131 e. The molecule has 0 heterocycles. The maximum Gasteiger partial charge on any atom is 0.131 e. The van der Waals surface area contributed by atoms with Crippen molar-refractivity contribution in [3.05, 3.63) is 29.6 Å². The highest BCUT2D eigenvalue weighted by molar-refractivity contribution is 5.30. The fourth-order valence-corrected chi connectivity index (χ4v) is 1.84. The summed E-state index contributed by atoms with van der Waals surface area (Å²) in [5, 5.41) is 0. The van der Waals surface area contributed by atoms with Crippen molar-refractivity contribution < 1.29 is 9.13 Å². The zero-order valence-corrected chi connectivity index (χ0v) is 10.5. The van der Waals surface area contributed by atoms with Gasteiger partial charge in [0.1, 0.15) is 11.6 Å². The second-order valence-corrected chi connectivity index (χ2v) is 4.10. The molecule has 1 aromatic rings. The van der Waals surface area contributed by atoms with E-state index >= 15 is 0 Å².